The number of aromatic nitrogens is 4. The van der Waals surface area contributed by atoms with Crippen molar-refractivity contribution in [2.24, 2.45) is 0 Å². The average molecular weight is 615 g/mol. The van der Waals surface area contributed by atoms with Crippen LogP contribution in [0.15, 0.2) is 6.33 Å². The van der Waals surface area contributed by atoms with Crippen molar-refractivity contribution in [1.82, 2.24) is 19.5 Å². The van der Waals surface area contributed by atoms with Crippen molar-refractivity contribution in [2.75, 3.05) is 23.8 Å². The molecule has 14 heteroatoms. The molecule has 0 aliphatic carbocycles. The lowest BCUT2D eigenvalue weighted by Gasteiger charge is -2.51. The highest BCUT2D eigenvalue weighted by molar-refractivity contribution is 8.77. The zero-order valence-electron chi connectivity index (χ0n) is 24.7. The van der Waals surface area contributed by atoms with Crippen molar-refractivity contribution in [1.29, 1.82) is 0 Å². The van der Waals surface area contributed by atoms with E-state index in [1.165, 1.54) is 0 Å². The van der Waals surface area contributed by atoms with Crippen LogP contribution in [0.5, 0.6) is 0 Å². The Kier molecular flexibility index (Phi) is 9.69. The monoisotopic (exact) mass is 614 g/mol. The summed E-state index contributed by atoms with van der Waals surface area (Å²) in [5, 5.41) is -0.0507. The summed E-state index contributed by atoms with van der Waals surface area (Å²) in [4.78, 5) is 13.1. The quantitative estimate of drug-likeness (QED) is 0.196. The Morgan fingerprint density at radius 2 is 1.64 bits per heavy atom. The van der Waals surface area contributed by atoms with Crippen LogP contribution in [0.1, 0.15) is 75.0 Å². The van der Waals surface area contributed by atoms with Crippen molar-refractivity contribution < 1.29 is 17.7 Å². The second-order valence-corrected chi connectivity index (χ2v) is 23.3. The zero-order valence-corrected chi connectivity index (χ0v) is 28.3. The van der Waals surface area contributed by atoms with Crippen LogP contribution in [-0.4, -0.2) is 66.5 Å². The van der Waals surface area contributed by atoms with Crippen molar-refractivity contribution in [3.63, 3.8) is 0 Å². The topological polar surface area (TPSA) is 133 Å². The molecule has 2 aromatic heterocycles. The first-order valence-electron chi connectivity index (χ1n) is 14.1. The molecule has 4 rings (SSSR count). The van der Waals surface area contributed by atoms with Gasteiger partial charge in [0.15, 0.2) is 17.7 Å². The van der Waals surface area contributed by atoms with E-state index in [-0.39, 0.29) is 51.4 Å². The Hall–Kier alpha value is -0.876. The van der Waals surface area contributed by atoms with Gasteiger partial charge in [-0.25, -0.2) is 4.98 Å². The Morgan fingerprint density at radius 1 is 1.00 bits per heavy atom. The van der Waals surface area contributed by atoms with E-state index in [1.54, 1.807) is 17.1 Å². The van der Waals surface area contributed by atoms with Crippen LogP contribution in [0, 0.1) is 0 Å². The Morgan fingerprint density at radius 3 is 2.23 bits per heavy atom. The third kappa shape index (κ3) is 5.64. The van der Waals surface area contributed by atoms with Gasteiger partial charge in [-0.15, -0.1) is 0 Å². The predicted molar refractivity (Wildman–Crippen MR) is 166 cm³/mol. The van der Waals surface area contributed by atoms with Crippen LogP contribution in [-0.2, 0) is 17.7 Å². The van der Waals surface area contributed by atoms with Gasteiger partial charge in [0.1, 0.15) is 11.6 Å². The maximum absolute atomic E-state index is 7.41. The number of rotatable bonds is 9. The van der Waals surface area contributed by atoms with Gasteiger partial charge >= 0.3 is 17.1 Å². The van der Waals surface area contributed by atoms with Gasteiger partial charge in [0.05, 0.1) is 24.3 Å². The Bertz CT molecular complexity index is 1120. The van der Waals surface area contributed by atoms with E-state index in [0.717, 1.165) is 12.2 Å². The fraction of sp³-hybridized carbons (Fsp3) is 0.800. The molecule has 0 aromatic carbocycles. The number of nitrogens with zero attached hydrogens (tertiary/aromatic N) is 4. The number of fused-ring (bicyclic) bond motifs is 2. The first-order valence-corrected chi connectivity index (χ1v) is 20.4. The molecular weight excluding hydrogens is 569 g/mol. The molecule has 4 N–H and O–H groups in total. The second kappa shape index (κ2) is 12.2. The van der Waals surface area contributed by atoms with Crippen molar-refractivity contribution in [3.8, 4) is 0 Å². The second-order valence-electron chi connectivity index (χ2n) is 11.8. The smallest absolute Gasteiger partial charge is 0.335 e. The van der Waals surface area contributed by atoms with Gasteiger partial charge in [0.2, 0.25) is 5.95 Å². The van der Waals surface area contributed by atoms with Gasteiger partial charge in [-0.2, -0.15) is 9.97 Å². The third-order valence-corrected chi connectivity index (χ3v) is 21.1. The van der Waals surface area contributed by atoms with E-state index in [9.17, 15) is 0 Å². The molecule has 2 aromatic rings. The summed E-state index contributed by atoms with van der Waals surface area (Å²) in [6.45, 7) is 20.5. The molecule has 2 aliphatic rings. The summed E-state index contributed by atoms with van der Waals surface area (Å²) in [5.74, 6) is 1.39. The van der Waals surface area contributed by atoms with Gasteiger partial charge < -0.3 is 29.2 Å². The summed E-state index contributed by atoms with van der Waals surface area (Å²) in [5.41, 5.74) is 14.2. The lowest BCUT2D eigenvalue weighted by atomic mass is 10.2. The fourth-order valence-electron chi connectivity index (χ4n) is 5.80. The molecule has 4 heterocycles. The zero-order chi connectivity index (χ0) is 28.7. The lowest BCUT2D eigenvalue weighted by Crippen LogP contribution is -2.65. The van der Waals surface area contributed by atoms with Crippen LogP contribution in [0.3, 0.4) is 0 Å². The molecule has 0 bridgehead atoms. The molecule has 2 fully saturated rings. The molecule has 39 heavy (non-hydrogen) atoms. The summed E-state index contributed by atoms with van der Waals surface area (Å²) in [6.07, 6.45) is 1.93. The standard InChI is InChI=1S/C25H46N6O4S2Si2/c1-10-11-36-37-21-20-18(33-24(21)31-13-28-19-22(26)29-25(27)30-23(19)31)12-32-38(14(2)3,15(4)5)35-39(34-20,16(6)7)17(8)9/h13-18,20-21,24H,10-12H2,1-9H3,(H4,26,27,29,30)/t18-,20-,21+,24-/m1/s1. The number of hydrogen-bond acceptors (Lipinski definition) is 11. The van der Waals surface area contributed by atoms with Gasteiger partial charge in [-0.05, 0) is 28.6 Å². The molecule has 0 unspecified atom stereocenters. The lowest BCUT2D eigenvalue weighted by molar-refractivity contribution is -0.0544. The van der Waals surface area contributed by atoms with E-state index in [2.05, 4.69) is 77.3 Å². The molecule has 0 amide bonds. The first-order chi connectivity index (χ1) is 18.4. The SMILES string of the molecule is CCCSS[C@H]1[C@@H]2O[Si](C(C)C)(C(C)C)O[Si](C(C)C)(C(C)C)OC[C@H]2O[C@H]1n1cnc2c(N)nc(N)nc21. The summed E-state index contributed by atoms with van der Waals surface area (Å²) >= 11 is 0. The van der Waals surface area contributed by atoms with Crippen molar-refractivity contribution in [2.45, 2.75) is 115 Å². The third-order valence-electron chi connectivity index (χ3n) is 7.82. The van der Waals surface area contributed by atoms with Crippen LogP contribution in [0.2, 0.25) is 22.2 Å². The number of nitrogens with two attached hydrogens (primary N) is 2. The number of hydrogen-bond donors (Lipinski definition) is 2. The molecule has 2 aliphatic heterocycles. The number of imidazole rings is 1. The molecule has 0 saturated carbocycles. The molecule has 220 valence electrons. The highest BCUT2D eigenvalue weighted by Gasteiger charge is 2.62. The normalized spacial score (nSPS) is 27.0. The summed E-state index contributed by atoms with van der Waals surface area (Å²) < 4.78 is 30.6. The van der Waals surface area contributed by atoms with Gasteiger partial charge in [-0.3, -0.25) is 4.57 Å². The minimum atomic E-state index is -2.80. The molecular formula is C25H46N6O4S2Si2. The maximum Gasteiger partial charge on any atom is 0.335 e. The van der Waals surface area contributed by atoms with E-state index < -0.39 is 23.3 Å². The minimum absolute atomic E-state index is 0.0507. The fourth-order valence-corrected chi connectivity index (χ4v) is 20.0. The van der Waals surface area contributed by atoms with Crippen LogP contribution in [0.25, 0.3) is 11.2 Å². The van der Waals surface area contributed by atoms with Gasteiger partial charge in [0.25, 0.3) is 0 Å². The van der Waals surface area contributed by atoms with E-state index in [0.29, 0.717) is 17.8 Å². The van der Waals surface area contributed by atoms with Gasteiger partial charge in [-0.1, -0.05) is 83.9 Å². The van der Waals surface area contributed by atoms with Crippen molar-refractivity contribution in [3.05, 3.63) is 6.33 Å². The maximum atomic E-state index is 7.41. The number of ether oxygens (including phenoxy) is 1. The molecule has 10 nitrogen and oxygen atoms in total. The van der Waals surface area contributed by atoms with Crippen molar-refractivity contribution >= 4 is 61.6 Å². The van der Waals surface area contributed by atoms with E-state index in [4.69, 9.17) is 29.2 Å². The van der Waals surface area contributed by atoms with Crippen LogP contribution < -0.4 is 11.5 Å². The molecule has 4 atom stereocenters. The average Bonchev–Trinajstić information content (AvgIpc) is 3.39. The highest BCUT2D eigenvalue weighted by Crippen LogP contribution is 2.52. The Balaban J connectivity index is 1.83. The molecule has 0 spiro atoms. The predicted octanol–water partition coefficient (Wildman–Crippen LogP) is 6.00. The highest BCUT2D eigenvalue weighted by atomic mass is 33.1. The minimum Gasteiger partial charge on any atom is -0.414 e. The number of nitrogen functional groups attached to an aromatic ring is 2. The summed E-state index contributed by atoms with van der Waals surface area (Å²) in [7, 11) is -1.82. The number of anilines is 2. The Labute approximate surface area is 243 Å². The van der Waals surface area contributed by atoms with Crippen LogP contribution in [0.4, 0.5) is 11.8 Å². The van der Waals surface area contributed by atoms with Crippen LogP contribution >= 0.6 is 21.6 Å². The first kappa shape index (κ1) is 31.1. The largest absolute Gasteiger partial charge is 0.414 e. The molecule has 0 radical (unpaired) electrons. The summed E-state index contributed by atoms with van der Waals surface area (Å²) in [6, 6.07) is 0. The van der Waals surface area contributed by atoms with E-state index in [1.807, 2.05) is 15.4 Å². The van der Waals surface area contributed by atoms with E-state index >= 15 is 0 Å². The molecule has 2 saturated heterocycles. The van der Waals surface area contributed by atoms with Gasteiger partial charge in [0, 0.05) is 5.75 Å².